The van der Waals surface area contributed by atoms with E-state index in [1.165, 1.54) is 16.9 Å². The molecule has 2 amide bonds. The number of pyridine rings is 1. The molecule has 13 heteroatoms. The van der Waals surface area contributed by atoms with Crippen molar-refractivity contribution in [3.63, 3.8) is 0 Å². The van der Waals surface area contributed by atoms with Gasteiger partial charge in [0.05, 0.1) is 24.6 Å². The number of fused-ring (bicyclic) bond motifs is 1. The van der Waals surface area contributed by atoms with E-state index in [9.17, 15) is 14.9 Å². The molecule has 9 nitrogen and oxygen atoms in total. The molecule has 0 bridgehead atoms. The molecule has 0 saturated carbocycles. The van der Waals surface area contributed by atoms with Crippen LogP contribution in [0.15, 0.2) is 79.0 Å². The predicted octanol–water partition coefficient (Wildman–Crippen LogP) is 5.97. The first-order valence-electron chi connectivity index (χ1n) is 13.4. The molecule has 0 spiro atoms. The molecule has 4 atom stereocenters. The number of ether oxygens (including phenoxy) is 3. The van der Waals surface area contributed by atoms with Crippen LogP contribution in [0.3, 0.4) is 0 Å². The number of hydrogen-bond donors (Lipinski definition) is 0. The zero-order chi connectivity index (χ0) is 31.7. The Morgan fingerprint density at radius 1 is 0.932 bits per heavy atom. The number of para-hydroxylation sites is 2. The highest BCUT2D eigenvalue weighted by Gasteiger charge is 2.71. The third-order valence-electron chi connectivity index (χ3n) is 7.71. The molecule has 2 aromatic carbocycles. The third kappa shape index (κ3) is 5.63. The number of likely N-dealkylation sites (N-methyl/N-ethyl adjacent to an activating group) is 1. The number of amides is 2. The molecule has 5 rings (SSSR count). The maximum Gasteiger partial charge on any atom is 0.261 e. The van der Waals surface area contributed by atoms with Gasteiger partial charge in [0.2, 0.25) is 14.6 Å². The molecular weight excluding hydrogens is 637 g/mol. The largest absolute Gasteiger partial charge is 0.481 e. The number of carbonyl (C=O) groups excluding carboxylic acids is 2. The number of piperazine rings is 1. The molecule has 0 N–H and O–H groups in total. The molecule has 2 saturated heterocycles. The first-order valence-corrected chi connectivity index (χ1v) is 15.9. The van der Waals surface area contributed by atoms with Crippen LogP contribution < -0.4 is 14.2 Å². The fourth-order valence-corrected chi connectivity index (χ4v) is 8.76. The molecule has 0 radical (unpaired) electrons. The number of rotatable bonds is 6. The van der Waals surface area contributed by atoms with Crippen molar-refractivity contribution in [3.05, 3.63) is 84.6 Å². The van der Waals surface area contributed by atoms with E-state index >= 15 is 0 Å². The van der Waals surface area contributed by atoms with Gasteiger partial charge in [-0.2, -0.15) is 5.26 Å². The van der Waals surface area contributed by atoms with Crippen molar-refractivity contribution in [1.29, 1.82) is 5.26 Å². The number of thioether (sulfide) groups is 2. The Hall–Kier alpha value is -3.70. The first kappa shape index (κ1) is 31.7. The van der Waals surface area contributed by atoms with Crippen molar-refractivity contribution < 1.29 is 23.8 Å². The number of aromatic nitrogens is 1. The Bertz CT molecular complexity index is 1640. The van der Waals surface area contributed by atoms with Crippen molar-refractivity contribution in [1.82, 2.24) is 14.8 Å². The molecule has 3 aromatic rings. The van der Waals surface area contributed by atoms with Gasteiger partial charge in [0.1, 0.15) is 11.5 Å². The van der Waals surface area contributed by atoms with Crippen LogP contribution in [0.5, 0.6) is 17.4 Å². The summed E-state index contributed by atoms with van der Waals surface area (Å²) >= 11 is 13.1. The zero-order valence-electron chi connectivity index (χ0n) is 24.3. The molecule has 2 aliphatic rings. The highest BCUT2D eigenvalue weighted by atomic mass is 32.2. The van der Waals surface area contributed by atoms with Crippen LogP contribution in [0.25, 0.3) is 0 Å². The van der Waals surface area contributed by atoms with Crippen LogP contribution in [0.4, 0.5) is 0 Å². The van der Waals surface area contributed by atoms with Crippen molar-refractivity contribution in [2.24, 2.45) is 5.41 Å². The van der Waals surface area contributed by atoms with E-state index in [0.29, 0.717) is 22.9 Å². The second-order valence-corrected chi connectivity index (χ2v) is 14.5. The summed E-state index contributed by atoms with van der Waals surface area (Å²) in [7, 11) is 3.04. The van der Waals surface area contributed by atoms with Crippen molar-refractivity contribution in [2.45, 2.75) is 36.1 Å². The third-order valence-corrected chi connectivity index (χ3v) is 10.6. The van der Waals surface area contributed by atoms with Gasteiger partial charge in [-0.1, -0.05) is 36.4 Å². The van der Waals surface area contributed by atoms with Gasteiger partial charge in [-0.05, 0) is 97.7 Å². The minimum absolute atomic E-state index is 0.0171. The Morgan fingerprint density at radius 3 is 2.00 bits per heavy atom. The number of thiocarbonyl (C=S) groups is 2. The molecule has 1 aromatic heterocycles. The fourth-order valence-electron chi connectivity index (χ4n) is 5.50. The number of methoxy groups -OCH3 is 1. The lowest BCUT2D eigenvalue weighted by atomic mass is 9.80. The van der Waals surface area contributed by atoms with Crippen LogP contribution in [-0.4, -0.2) is 59.3 Å². The number of nitriles is 1. The van der Waals surface area contributed by atoms with E-state index in [4.69, 9.17) is 38.6 Å². The second-order valence-electron chi connectivity index (χ2n) is 10.6. The molecule has 226 valence electrons. The van der Waals surface area contributed by atoms with Gasteiger partial charge in [-0.25, -0.2) is 4.98 Å². The molecule has 2 fully saturated rings. The average Bonchev–Trinajstić information content (AvgIpc) is 3.29. The lowest BCUT2D eigenvalue weighted by Gasteiger charge is -2.52. The van der Waals surface area contributed by atoms with Crippen LogP contribution in [0.1, 0.15) is 31.9 Å². The maximum absolute atomic E-state index is 14.9. The summed E-state index contributed by atoms with van der Waals surface area (Å²) in [5.74, 6) is 0.478. The van der Waals surface area contributed by atoms with Gasteiger partial charge in [-0.3, -0.25) is 9.59 Å². The Labute approximate surface area is 274 Å². The molecule has 1 unspecified atom stereocenters. The van der Waals surface area contributed by atoms with Gasteiger partial charge in [0.15, 0.2) is 9.74 Å². The van der Waals surface area contributed by atoms with E-state index in [2.05, 4.69) is 11.1 Å². The van der Waals surface area contributed by atoms with Crippen LogP contribution >= 0.6 is 48.0 Å². The van der Waals surface area contributed by atoms with Crippen LogP contribution in [-0.2, 0) is 9.59 Å². The monoisotopic (exact) mass is 664 g/mol. The lowest BCUT2D eigenvalue weighted by Crippen LogP contribution is -2.71. The molecular formula is C31H28N4O5S4. The van der Waals surface area contributed by atoms with Gasteiger partial charge in [-0.15, -0.1) is 0 Å². The Morgan fingerprint density at radius 2 is 1.50 bits per heavy atom. The van der Waals surface area contributed by atoms with Gasteiger partial charge < -0.3 is 24.0 Å². The second kappa shape index (κ2) is 12.4. The summed E-state index contributed by atoms with van der Waals surface area (Å²) < 4.78 is 17.1. The Balaban J connectivity index is 1.59. The summed E-state index contributed by atoms with van der Waals surface area (Å²) in [4.78, 5) is 33.6. The number of hydrogen-bond acceptors (Lipinski definition) is 11. The highest BCUT2D eigenvalue weighted by molar-refractivity contribution is 8.24. The molecule has 44 heavy (non-hydrogen) atoms. The first-order chi connectivity index (χ1) is 21.0. The summed E-state index contributed by atoms with van der Waals surface area (Å²) in [5, 5.41) is 10.6. The van der Waals surface area contributed by atoms with E-state index in [0.717, 1.165) is 23.5 Å². The molecule has 0 aliphatic carbocycles. The number of benzene rings is 2. The van der Waals surface area contributed by atoms with Crippen molar-refractivity contribution in [2.75, 3.05) is 14.2 Å². The van der Waals surface area contributed by atoms with Crippen LogP contribution in [0.2, 0.25) is 0 Å². The summed E-state index contributed by atoms with van der Waals surface area (Å²) in [6.45, 7) is 3.36. The van der Waals surface area contributed by atoms with E-state index in [-0.39, 0.29) is 15.2 Å². The minimum Gasteiger partial charge on any atom is -0.481 e. The quantitative estimate of drug-likeness (QED) is 0.291. The topological polar surface area (TPSA) is 105 Å². The van der Waals surface area contributed by atoms with Crippen LogP contribution in [0, 0.1) is 16.7 Å². The normalized spacial score (nSPS) is 26.0. The minimum atomic E-state index is -1.60. The summed E-state index contributed by atoms with van der Waals surface area (Å²) in [6, 6.07) is 22.8. The van der Waals surface area contributed by atoms with Crippen molar-refractivity contribution >= 4 is 68.5 Å². The van der Waals surface area contributed by atoms with Crippen molar-refractivity contribution in [3.8, 4) is 23.4 Å². The van der Waals surface area contributed by atoms with E-state index in [1.807, 2.05) is 12.1 Å². The van der Waals surface area contributed by atoms with Gasteiger partial charge >= 0.3 is 0 Å². The SMILES string of the molecule is COc1ccc([C@@H]2N3C(=O)[C@](C)(SC(=S)Oc4ccccc4)N(C)C(=O)C3(SC(=S)Oc3ccccc3)C[C@]2(C)C#N)cn1. The molecule has 2 aliphatic heterocycles. The number of nitrogens with zero attached hydrogens (tertiary/aromatic N) is 4. The lowest BCUT2D eigenvalue weighted by molar-refractivity contribution is -0.163. The summed E-state index contributed by atoms with van der Waals surface area (Å²) in [5.41, 5.74) is -0.650. The summed E-state index contributed by atoms with van der Waals surface area (Å²) in [6.07, 6.45) is 1.54. The standard InChI is InChI=1S/C31H28N4O5S4/c1-29(19-32)18-31(44-28(42)40-22-13-9-6-10-14-22)26(37)34(3)30(2,43-27(41)39-21-11-7-5-8-12-21)25(36)35(31)24(29)20-15-16-23(38-4)33-17-20/h5-17,24H,18H2,1-4H3/t24-,29+,30-,31?/m0/s1. The van der Waals surface area contributed by atoms with Gasteiger partial charge in [0, 0.05) is 25.7 Å². The van der Waals surface area contributed by atoms with E-state index < -0.39 is 33.0 Å². The maximum atomic E-state index is 14.9. The van der Waals surface area contributed by atoms with E-state index in [1.54, 1.807) is 87.8 Å². The number of carbonyl (C=O) groups is 2. The fraction of sp³-hybridized carbons (Fsp3) is 0.290. The smallest absolute Gasteiger partial charge is 0.261 e. The Kier molecular flexibility index (Phi) is 8.91. The van der Waals surface area contributed by atoms with Gasteiger partial charge in [0.25, 0.3) is 11.8 Å². The molecule has 3 heterocycles. The zero-order valence-corrected chi connectivity index (χ0v) is 27.5. The average molecular weight is 665 g/mol. The predicted molar refractivity (Wildman–Crippen MR) is 177 cm³/mol. The highest BCUT2D eigenvalue weighted by Crippen LogP contribution is 2.62.